The second kappa shape index (κ2) is 11.4. The zero-order valence-electron chi connectivity index (χ0n) is 19.6. The predicted octanol–water partition coefficient (Wildman–Crippen LogP) is 6.43. The number of hydrazone groups is 1. The van der Waals surface area contributed by atoms with Crippen molar-refractivity contribution in [1.29, 1.82) is 0 Å². The van der Waals surface area contributed by atoms with Gasteiger partial charge in [0, 0.05) is 0 Å². The molecule has 1 heterocycles. The second-order valence-corrected chi connectivity index (χ2v) is 9.12. The standard InChI is InChI=1S/C27H28N4O2S/c1-19(2)15-16-33-23-14-13-20(17-24(23)32-3)18-28-31-26(29-21-9-5-4-6-10-21)27-30-22-11-7-8-12-25(22)34-27/h4-14,17-19H,15-16H2,1-3H3,(H,29,31)/b28-18+. The van der Waals surface area contributed by atoms with Crippen LogP contribution in [0.1, 0.15) is 30.8 Å². The van der Waals surface area contributed by atoms with Gasteiger partial charge in [0.1, 0.15) is 0 Å². The molecule has 4 rings (SSSR count). The van der Waals surface area contributed by atoms with Crippen LogP contribution in [0.25, 0.3) is 10.2 Å². The monoisotopic (exact) mass is 472 g/mol. The van der Waals surface area contributed by atoms with E-state index in [-0.39, 0.29) is 0 Å². The van der Waals surface area contributed by atoms with Crippen LogP contribution >= 0.6 is 11.3 Å². The molecule has 0 aliphatic carbocycles. The number of ether oxygens (including phenoxy) is 2. The summed E-state index contributed by atoms with van der Waals surface area (Å²) >= 11 is 1.57. The molecule has 0 aliphatic heterocycles. The van der Waals surface area contributed by atoms with Crippen molar-refractivity contribution < 1.29 is 9.47 Å². The molecule has 0 bridgehead atoms. The smallest absolute Gasteiger partial charge is 0.183 e. The minimum atomic E-state index is 0.587. The third-order valence-electron chi connectivity index (χ3n) is 5.02. The topological polar surface area (TPSA) is 68.1 Å². The zero-order chi connectivity index (χ0) is 23.8. The Bertz CT molecular complexity index is 1250. The molecule has 0 fully saturated rings. The fraction of sp³-hybridized carbons (Fsp3) is 0.222. The number of rotatable bonds is 9. The minimum absolute atomic E-state index is 0.587. The Kier molecular flexibility index (Phi) is 7.88. The minimum Gasteiger partial charge on any atom is -0.493 e. The van der Waals surface area contributed by atoms with E-state index in [2.05, 4.69) is 30.4 Å². The molecular weight excluding hydrogens is 444 g/mol. The van der Waals surface area contributed by atoms with Crippen LogP contribution < -0.4 is 14.9 Å². The van der Waals surface area contributed by atoms with Gasteiger partial charge < -0.3 is 9.47 Å². The fourth-order valence-electron chi connectivity index (χ4n) is 3.18. The number of thiazole rings is 1. The Morgan fingerprint density at radius 1 is 1.03 bits per heavy atom. The zero-order valence-corrected chi connectivity index (χ0v) is 20.4. The highest BCUT2D eigenvalue weighted by molar-refractivity contribution is 7.20. The number of aromatic nitrogens is 1. The Morgan fingerprint density at radius 3 is 2.59 bits per heavy atom. The van der Waals surface area contributed by atoms with E-state index in [1.807, 2.05) is 66.7 Å². The summed E-state index contributed by atoms with van der Waals surface area (Å²) in [5.41, 5.74) is 5.73. The Morgan fingerprint density at radius 2 is 1.82 bits per heavy atom. The first-order valence-electron chi connectivity index (χ1n) is 11.2. The van der Waals surface area contributed by atoms with Gasteiger partial charge in [-0.25, -0.2) is 9.98 Å². The molecular formula is C27H28N4O2S. The molecule has 34 heavy (non-hydrogen) atoms. The van der Waals surface area contributed by atoms with Gasteiger partial charge in [0.25, 0.3) is 0 Å². The number of fused-ring (bicyclic) bond motifs is 1. The summed E-state index contributed by atoms with van der Waals surface area (Å²) in [7, 11) is 1.64. The van der Waals surface area contributed by atoms with E-state index in [0.29, 0.717) is 24.1 Å². The largest absolute Gasteiger partial charge is 0.493 e. The molecule has 4 aromatic rings. The molecule has 0 saturated carbocycles. The number of nitrogens with one attached hydrogen (secondary N) is 1. The maximum Gasteiger partial charge on any atom is 0.183 e. The average Bonchev–Trinajstić information content (AvgIpc) is 3.29. The fourth-order valence-corrected chi connectivity index (χ4v) is 4.09. The van der Waals surface area contributed by atoms with Crippen molar-refractivity contribution in [3.63, 3.8) is 0 Å². The van der Waals surface area contributed by atoms with Crippen LogP contribution in [-0.4, -0.2) is 30.8 Å². The lowest BCUT2D eigenvalue weighted by atomic mass is 10.1. The summed E-state index contributed by atoms with van der Waals surface area (Å²) < 4.78 is 12.5. The number of para-hydroxylation sites is 2. The normalized spacial score (nSPS) is 11.9. The second-order valence-electron chi connectivity index (χ2n) is 8.09. The summed E-state index contributed by atoms with van der Waals surface area (Å²) in [6, 6.07) is 23.6. The number of aliphatic imine (C=N–C) groups is 1. The van der Waals surface area contributed by atoms with Crippen molar-refractivity contribution >= 4 is 39.3 Å². The van der Waals surface area contributed by atoms with Crippen molar-refractivity contribution in [2.45, 2.75) is 20.3 Å². The van der Waals surface area contributed by atoms with E-state index >= 15 is 0 Å². The first-order chi connectivity index (χ1) is 16.6. The van der Waals surface area contributed by atoms with Crippen LogP contribution in [0.5, 0.6) is 11.5 Å². The quantitative estimate of drug-likeness (QED) is 0.173. The lowest BCUT2D eigenvalue weighted by Gasteiger charge is -2.12. The van der Waals surface area contributed by atoms with Gasteiger partial charge in [0.15, 0.2) is 22.3 Å². The number of amidine groups is 1. The molecule has 0 aliphatic rings. The van der Waals surface area contributed by atoms with E-state index in [0.717, 1.165) is 38.6 Å². The van der Waals surface area contributed by atoms with Crippen molar-refractivity contribution in [1.82, 2.24) is 10.4 Å². The van der Waals surface area contributed by atoms with Crippen LogP contribution in [0.2, 0.25) is 0 Å². The van der Waals surface area contributed by atoms with E-state index in [4.69, 9.17) is 19.5 Å². The van der Waals surface area contributed by atoms with Crippen LogP contribution in [-0.2, 0) is 0 Å². The van der Waals surface area contributed by atoms with Gasteiger partial charge in [0.05, 0.1) is 35.8 Å². The van der Waals surface area contributed by atoms with Crippen LogP contribution in [0.15, 0.2) is 82.9 Å². The Hall–Kier alpha value is -3.71. The Balaban J connectivity index is 1.54. The van der Waals surface area contributed by atoms with Gasteiger partial charge in [-0.2, -0.15) is 5.10 Å². The highest BCUT2D eigenvalue weighted by Gasteiger charge is 2.11. The van der Waals surface area contributed by atoms with Crippen LogP contribution in [0.3, 0.4) is 0 Å². The SMILES string of the molecule is COc1cc(/C=N/NC(=Nc2ccccc2)c2nc3ccccc3s2)ccc1OCCC(C)C. The van der Waals surface area contributed by atoms with E-state index in [9.17, 15) is 0 Å². The molecule has 1 aromatic heterocycles. The van der Waals surface area contributed by atoms with Crippen molar-refractivity contribution in [2.24, 2.45) is 16.0 Å². The summed E-state index contributed by atoms with van der Waals surface area (Å²) in [5.74, 6) is 2.58. The van der Waals surface area contributed by atoms with E-state index in [1.54, 1.807) is 24.7 Å². The summed E-state index contributed by atoms with van der Waals surface area (Å²) in [5, 5.41) is 5.21. The van der Waals surface area contributed by atoms with E-state index in [1.165, 1.54) is 0 Å². The summed E-state index contributed by atoms with van der Waals surface area (Å²) in [6.45, 7) is 5.01. The molecule has 174 valence electrons. The molecule has 0 saturated heterocycles. The van der Waals surface area contributed by atoms with Gasteiger partial charge in [-0.1, -0.05) is 44.2 Å². The maximum atomic E-state index is 5.88. The Labute approximate surface area is 204 Å². The average molecular weight is 473 g/mol. The van der Waals surface area contributed by atoms with Crippen molar-refractivity contribution in [3.8, 4) is 11.5 Å². The van der Waals surface area contributed by atoms with Gasteiger partial charge in [-0.15, -0.1) is 11.3 Å². The lowest BCUT2D eigenvalue weighted by Crippen LogP contribution is -2.18. The molecule has 0 radical (unpaired) electrons. The molecule has 0 amide bonds. The number of hydrogen-bond donors (Lipinski definition) is 1. The maximum absolute atomic E-state index is 5.88. The highest BCUT2D eigenvalue weighted by Crippen LogP contribution is 2.28. The molecule has 0 spiro atoms. The molecule has 7 heteroatoms. The molecule has 3 aromatic carbocycles. The van der Waals surface area contributed by atoms with E-state index < -0.39 is 0 Å². The van der Waals surface area contributed by atoms with Gasteiger partial charge in [0.2, 0.25) is 0 Å². The number of nitrogens with zero attached hydrogens (tertiary/aromatic N) is 3. The molecule has 6 nitrogen and oxygen atoms in total. The molecule has 1 N–H and O–H groups in total. The highest BCUT2D eigenvalue weighted by atomic mass is 32.1. The third-order valence-corrected chi connectivity index (χ3v) is 6.06. The third kappa shape index (κ3) is 6.20. The summed E-state index contributed by atoms with van der Waals surface area (Å²) in [4.78, 5) is 9.48. The first-order valence-corrected chi connectivity index (χ1v) is 12.0. The lowest BCUT2D eigenvalue weighted by molar-refractivity contribution is 0.273. The van der Waals surface area contributed by atoms with Crippen molar-refractivity contribution in [2.75, 3.05) is 13.7 Å². The molecule has 0 atom stereocenters. The van der Waals surface area contributed by atoms with Gasteiger partial charge >= 0.3 is 0 Å². The van der Waals surface area contributed by atoms with Gasteiger partial charge in [-0.05, 0) is 60.4 Å². The van der Waals surface area contributed by atoms with Gasteiger partial charge in [-0.3, -0.25) is 5.43 Å². The number of benzene rings is 3. The molecule has 0 unspecified atom stereocenters. The summed E-state index contributed by atoms with van der Waals surface area (Å²) in [6.07, 6.45) is 2.72. The van der Waals surface area contributed by atoms with Crippen LogP contribution in [0.4, 0.5) is 5.69 Å². The number of methoxy groups -OCH3 is 1. The first kappa shape index (κ1) is 23.4. The predicted molar refractivity (Wildman–Crippen MR) is 141 cm³/mol. The number of hydrogen-bond acceptors (Lipinski definition) is 6. The van der Waals surface area contributed by atoms with Crippen molar-refractivity contribution in [3.05, 3.63) is 83.4 Å². The van der Waals surface area contributed by atoms with Crippen LogP contribution in [0, 0.1) is 5.92 Å².